The van der Waals surface area contributed by atoms with E-state index in [1.54, 1.807) is 6.08 Å². The van der Waals surface area contributed by atoms with Crippen LogP contribution in [0.25, 0.3) is 0 Å². The van der Waals surface area contributed by atoms with Crippen molar-refractivity contribution < 1.29 is 24.9 Å². The minimum Gasteiger partial charge on any atom is -0.550 e. The van der Waals surface area contributed by atoms with Crippen LogP contribution < -0.4 is 5.11 Å². The first kappa shape index (κ1) is 19.7. The lowest BCUT2D eigenvalue weighted by Gasteiger charge is -2.15. The standard InChI is InChI=1S/C20H30O5/c1-2-3-4-7-14(21)10-11-16-17-12-15(8-5-6-9-20(23)24)25-19(17)13-18(16)22/h3-4,8,10-11,14,16-19,21-22H,2,5-7,9,12-13H2,1H3,(H,23,24)/p-1/b4-3-,11-10+,15-8-/t14?,16-,17-,18?,19?/m1/s1. The Morgan fingerprint density at radius 3 is 2.96 bits per heavy atom. The number of carboxylic acid groups (broad SMARTS) is 1. The summed E-state index contributed by atoms with van der Waals surface area (Å²) in [6.45, 7) is 2.05. The average molecular weight is 349 g/mol. The highest BCUT2D eigenvalue weighted by atomic mass is 16.5. The van der Waals surface area contributed by atoms with Gasteiger partial charge in [0.05, 0.1) is 18.0 Å². The predicted molar refractivity (Wildman–Crippen MR) is 93.2 cm³/mol. The van der Waals surface area contributed by atoms with E-state index in [1.165, 1.54) is 0 Å². The highest BCUT2D eigenvalue weighted by molar-refractivity contribution is 5.64. The Labute approximate surface area is 149 Å². The zero-order valence-corrected chi connectivity index (χ0v) is 14.8. The molecule has 1 heterocycles. The van der Waals surface area contributed by atoms with Crippen molar-refractivity contribution in [1.82, 2.24) is 0 Å². The molecule has 140 valence electrons. The third-order valence-electron chi connectivity index (χ3n) is 4.92. The Morgan fingerprint density at radius 1 is 1.44 bits per heavy atom. The van der Waals surface area contributed by atoms with Crippen molar-refractivity contribution in [3.05, 3.63) is 36.1 Å². The maximum Gasteiger partial charge on any atom is 0.105 e. The number of hydrogen-bond acceptors (Lipinski definition) is 5. The van der Waals surface area contributed by atoms with Gasteiger partial charge < -0.3 is 24.9 Å². The predicted octanol–water partition coefficient (Wildman–Crippen LogP) is 1.85. The molecule has 0 spiro atoms. The fraction of sp³-hybridized carbons (Fsp3) is 0.650. The van der Waals surface area contributed by atoms with Crippen LogP contribution in [0.2, 0.25) is 0 Å². The zero-order valence-electron chi connectivity index (χ0n) is 14.8. The monoisotopic (exact) mass is 349 g/mol. The van der Waals surface area contributed by atoms with Gasteiger partial charge in [0.25, 0.3) is 0 Å². The number of ether oxygens (including phenoxy) is 1. The number of carbonyl (C=O) groups is 1. The van der Waals surface area contributed by atoms with E-state index >= 15 is 0 Å². The third-order valence-corrected chi connectivity index (χ3v) is 4.92. The number of aliphatic hydroxyl groups excluding tert-OH is 2. The Hall–Kier alpha value is -1.59. The lowest BCUT2D eigenvalue weighted by Crippen LogP contribution is -2.21. The first-order valence-electron chi connectivity index (χ1n) is 9.26. The second-order valence-corrected chi connectivity index (χ2v) is 6.91. The summed E-state index contributed by atoms with van der Waals surface area (Å²) in [6, 6.07) is 0. The Balaban J connectivity index is 1.86. The van der Waals surface area contributed by atoms with E-state index in [-0.39, 0.29) is 24.4 Å². The molecule has 0 aromatic heterocycles. The molecule has 2 aliphatic rings. The Morgan fingerprint density at radius 2 is 2.24 bits per heavy atom. The molecule has 2 N–H and O–H groups in total. The van der Waals surface area contributed by atoms with Crippen LogP contribution >= 0.6 is 0 Å². The maximum absolute atomic E-state index is 10.4. The van der Waals surface area contributed by atoms with Crippen molar-refractivity contribution in [3.63, 3.8) is 0 Å². The second kappa shape index (κ2) is 9.78. The van der Waals surface area contributed by atoms with Crippen LogP contribution in [0.1, 0.15) is 51.9 Å². The normalized spacial score (nSPS) is 31.7. The van der Waals surface area contributed by atoms with Crippen LogP contribution in [0, 0.1) is 11.8 Å². The van der Waals surface area contributed by atoms with E-state index in [0.29, 0.717) is 25.7 Å². The summed E-state index contributed by atoms with van der Waals surface area (Å²) in [6.07, 6.45) is 12.9. The molecule has 2 rings (SSSR count). The number of aliphatic hydroxyl groups is 2. The zero-order chi connectivity index (χ0) is 18.2. The topological polar surface area (TPSA) is 89.8 Å². The smallest absolute Gasteiger partial charge is 0.105 e. The molecular formula is C20H29O5-. The van der Waals surface area contributed by atoms with Gasteiger partial charge in [-0.2, -0.15) is 0 Å². The molecule has 5 heteroatoms. The Kier molecular flexibility index (Phi) is 7.72. The number of fused-ring (bicyclic) bond motifs is 1. The van der Waals surface area contributed by atoms with E-state index < -0.39 is 18.2 Å². The van der Waals surface area contributed by atoms with Crippen LogP contribution in [0.4, 0.5) is 0 Å². The number of carbonyl (C=O) groups excluding carboxylic acids is 1. The fourth-order valence-electron chi connectivity index (χ4n) is 3.63. The Bertz CT molecular complexity index is 522. The van der Waals surface area contributed by atoms with Crippen molar-refractivity contribution >= 4 is 5.97 Å². The van der Waals surface area contributed by atoms with E-state index in [1.807, 2.05) is 24.3 Å². The minimum atomic E-state index is -1.02. The molecule has 0 aromatic rings. The van der Waals surface area contributed by atoms with Gasteiger partial charge in [0.2, 0.25) is 0 Å². The molecule has 0 bridgehead atoms. The van der Waals surface area contributed by atoms with Crippen LogP contribution in [0.3, 0.4) is 0 Å². The molecule has 2 fully saturated rings. The van der Waals surface area contributed by atoms with Crippen LogP contribution in [-0.4, -0.2) is 34.5 Å². The summed E-state index contributed by atoms with van der Waals surface area (Å²) >= 11 is 0. The van der Waals surface area contributed by atoms with Gasteiger partial charge in [-0.25, -0.2) is 0 Å². The third kappa shape index (κ3) is 6.01. The van der Waals surface area contributed by atoms with Crippen molar-refractivity contribution in [2.45, 2.75) is 70.2 Å². The average Bonchev–Trinajstić information content (AvgIpc) is 3.06. The molecule has 5 nitrogen and oxygen atoms in total. The molecular weight excluding hydrogens is 320 g/mol. The molecule has 1 aliphatic carbocycles. The molecule has 0 amide bonds. The van der Waals surface area contributed by atoms with Crippen molar-refractivity contribution in [1.29, 1.82) is 0 Å². The van der Waals surface area contributed by atoms with E-state index in [2.05, 4.69) is 6.92 Å². The summed E-state index contributed by atoms with van der Waals surface area (Å²) < 4.78 is 5.91. The molecule has 1 saturated carbocycles. The lowest BCUT2D eigenvalue weighted by atomic mass is 9.90. The summed E-state index contributed by atoms with van der Waals surface area (Å²) in [5.41, 5.74) is 0. The van der Waals surface area contributed by atoms with Gasteiger partial charge in [0.1, 0.15) is 6.10 Å². The van der Waals surface area contributed by atoms with Crippen LogP contribution in [-0.2, 0) is 9.53 Å². The first-order chi connectivity index (χ1) is 12.0. The highest BCUT2D eigenvalue weighted by Crippen LogP contribution is 2.45. The van der Waals surface area contributed by atoms with Gasteiger partial charge in [-0.1, -0.05) is 31.2 Å². The maximum atomic E-state index is 10.4. The van der Waals surface area contributed by atoms with E-state index in [9.17, 15) is 20.1 Å². The van der Waals surface area contributed by atoms with Crippen LogP contribution in [0.15, 0.2) is 36.1 Å². The molecule has 1 aliphatic heterocycles. The summed E-state index contributed by atoms with van der Waals surface area (Å²) in [7, 11) is 0. The number of hydrogen-bond donors (Lipinski definition) is 2. The number of aliphatic carboxylic acids is 1. The molecule has 25 heavy (non-hydrogen) atoms. The molecule has 1 saturated heterocycles. The molecule has 3 unspecified atom stereocenters. The molecule has 0 radical (unpaired) electrons. The summed E-state index contributed by atoms with van der Waals surface area (Å²) in [5, 5.41) is 30.7. The minimum absolute atomic E-state index is 0.00849. The van der Waals surface area contributed by atoms with Crippen molar-refractivity contribution in [3.8, 4) is 0 Å². The highest BCUT2D eigenvalue weighted by Gasteiger charge is 2.46. The first-order valence-corrected chi connectivity index (χ1v) is 9.26. The fourth-order valence-corrected chi connectivity index (χ4v) is 3.63. The summed E-state index contributed by atoms with van der Waals surface area (Å²) in [5.74, 6) is 0.0781. The van der Waals surface area contributed by atoms with E-state index in [0.717, 1.165) is 18.6 Å². The quantitative estimate of drug-likeness (QED) is 0.490. The molecule has 5 atom stereocenters. The number of rotatable bonds is 9. The lowest BCUT2D eigenvalue weighted by molar-refractivity contribution is -0.305. The number of carboxylic acids is 1. The largest absolute Gasteiger partial charge is 0.550 e. The van der Waals surface area contributed by atoms with E-state index in [4.69, 9.17) is 4.74 Å². The summed E-state index contributed by atoms with van der Waals surface area (Å²) in [4.78, 5) is 10.4. The van der Waals surface area contributed by atoms with Crippen molar-refractivity contribution in [2.75, 3.05) is 0 Å². The van der Waals surface area contributed by atoms with Gasteiger partial charge in [-0.15, -0.1) is 0 Å². The van der Waals surface area contributed by atoms with Crippen molar-refractivity contribution in [2.24, 2.45) is 11.8 Å². The van der Waals surface area contributed by atoms with Gasteiger partial charge in [0, 0.05) is 30.6 Å². The molecule has 0 aromatic carbocycles. The van der Waals surface area contributed by atoms with Gasteiger partial charge in [0.15, 0.2) is 0 Å². The SMILES string of the molecule is CC/C=C\CC(O)/C=C/[C@H]1C(O)CC2O/C(=C\CCCC(=O)[O-])C[C@@H]21. The van der Waals surface area contributed by atoms with Gasteiger partial charge >= 0.3 is 0 Å². The van der Waals surface area contributed by atoms with Gasteiger partial charge in [-0.3, -0.25) is 0 Å². The number of allylic oxidation sites excluding steroid dienone is 3. The number of unbranched alkanes of at least 4 members (excludes halogenated alkanes) is 1. The second-order valence-electron chi connectivity index (χ2n) is 6.91. The van der Waals surface area contributed by atoms with Crippen LogP contribution in [0.5, 0.6) is 0 Å². The van der Waals surface area contributed by atoms with Gasteiger partial charge in [-0.05, 0) is 38.2 Å².